The molecule has 1 aliphatic rings. The van der Waals surface area contributed by atoms with Crippen LogP contribution in [0.5, 0.6) is 5.75 Å². The van der Waals surface area contributed by atoms with Crippen LogP contribution in [0.15, 0.2) is 60.7 Å². The molecule has 4 rings (SSSR count). The van der Waals surface area contributed by atoms with Gasteiger partial charge in [0.2, 0.25) is 0 Å². The molecule has 0 bridgehead atoms. The van der Waals surface area contributed by atoms with Crippen LogP contribution in [0, 0.1) is 11.6 Å². The van der Waals surface area contributed by atoms with Crippen LogP contribution in [-0.2, 0) is 19.3 Å². The average Bonchev–Trinajstić information content (AvgIpc) is 2.74. The molecule has 0 atom stereocenters. The lowest BCUT2D eigenvalue weighted by atomic mass is 9.85. The lowest BCUT2D eigenvalue weighted by molar-refractivity contribution is -0.274. The first-order valence-corrected chi connectivity index (χ1v) is 10.4. The molecular weight excluding hydrogens is 423 g/mol. The van der Waals surface area contributed by atoms with Crippen molar-refractivity contribution in [2.45, 2.75) is 39.0 Å². The Hall–Kier alpha value is -3.15. The van der Waals surface area contributed by atoms with Gasteiger partial charge in [-0.15, -0.1) is 13.2 Å². The van der Waals surface area contributed by atoms with E-state index in [1.54, 1.807) is 24.3 Å². The van der Waals surface area contributed by atoms with Crippen molar-refractivity contribution in [1.29, 1.82) is 0 Å². The second-order valence-electron chi connectivity index (χ2n) is 7.81. The van der Waals surface area contributed by atoms with Gasteiger partial charge < -0.3 is 4.74 Å². The van der Waals surface area contributed by atoms with Crippen molar-refractivity contribution in [2.75, 3.05) is 0 Å². The molecule has 3 aromatic carbocycles. The van der Waals surface area contributed by atoms with Gasteiger partial charge in [-0.3, -0.25) is 0 Å². The highest BCUT2D eigenvalue weighted by molar-refractivity contribution is 5.74. The maximum absolute atomic E-state index is 15.2. The van der Waals surface area contributed by atoms with Crippen LogP contribution in [0.1, 0.15) is 35.6 Å². The summed E-state index contributed by atoms with van der Waals surface area (Å²) >= 11 is 0. The summed E-state index contributed by atoms with van der Waals surface area (Å²) in [5, 5.41) is 0. The first-order valence-electron chi connectivity index (χ1n) is 10.4. The zero-order chi connectivity index (χ0) is 22.9. The number of benzene rings is 3. The van der Waals surface area contributed by atoms with E-state index in [9.17, 15) is 17.6 Å². The Morgan fingerprint density at radius 1 is 0.906 bits per heavy atom. The van der Waals surface area contributed by atoms with Crippen molar-refractivity contribution >= 4 is 5.57 Å². The molecule has 0 amide bonds. The van der Waals surface area contributed by atoms with Crippen LogP contribution in [0.3, 0.4) is 0 Å². The Morgan fingerprint density at radius 2 is 1.62 bits per heavy atom. The van der Waals surface area contributed by atoms with Crippen molar-refractivity contribution in [2.24, 2.45) is 0 Å². The number of allylic oxidation sites excluding steroid dienone is 2. The standard InChI is InChI=1S/C26H21F5O/c1-2-3-16-4-11-21(24(27)14-16)18-7-13-23-19(15-18)8-12-22(25(23)28)17-5-9-20(10-6-17)32-26(29,30)31/h4-12,14H,2-3,13,15H2,1H3. The van der Waals surface area contributed by atoms with E-state index in [0.29, 0.717) is 35.1 Å². The van der Waals surface area contributed by atoms with Gasteiger partial charge in [0.05, 0.1) is 0 Å². The van der Waals surface area contributed by atoms with E-state index in [1.165, 1.54) is 12.1 Å². The smallest absolute Gasteiger partial charge is 0.406 e. The van der Waals surface area contributed by atoms with Crippen LogP contribution < -0.4 is 4.74 Å². The molecule has 32 heavy (non-hydrogen) atoms. The van der Waals surface area contributed by atoms with Crippen molar-refractivity contribution in [3.63, 3.8) is 0 Å². The molecule has 0 radical (unpaired) electrons. The molecule has 0 heterocycles. The normalized spacial score (nSPS) is 13.5. The fourth-order valence-corrected chi connectivity index (χ4v) is 4.08. The Bertz CT molecular complexity index is 1160. The van der Waals surface area contributed by atoms with Crippen molar-refractivity contribution in [3.8, 4) is 16.9 Å². The van der Waals surface area contributed by atoms with E-state index in [1.807, 2.05) is 19.1 Å². The lowest BCUT2D eigenvalue weighted by Crippen LogP contribution is -2.16. The third-order valence-corrected chi connectivity index (χ3v) is 5.59. The fourth-order valence-electron chi connectivity index (χ4n) is 4.08. The number of hydrogen-bond donors (Lipinski definition) is 0. The summed E-state index contributed by atoms with van der Waals surface area (Å²) in [5.74, 6) is -1.05. The van der Waals surface area contributed by atoms with Gasteiger partial charge in [-0.25, -0.2) is 8.78 Å². The van der Waals surface area contributed by atoms with Gasteiger partial charge in [0.1, 0.15) is 17.4 Å². The minimum absolute atomic E-state index is 0.274. The number of hydrogen-bond acceptors (Lipinski definition) is 1. The van der Waals surface area contributed by atoms with E-state index >= 15 is 4.39 Å². The highest BCUT2D eigenvalue weighted by Gasteiger charge is 2.31. The summed E-state index contributed by atoms with van der Waals surface area (Å²) in [5.41, 5.74) is 4.34. The van der Waals surface area contributed by atoms with E-state index < -0.39 is 12.2 Å². The monoisotopic (exact) mass is 444 g/mol. The zero-order valence-electron chi connectivity index (χ0n) is 17.4. The molecule has 0 aliphatic heterocycles. The molecular formula is C26H21F5O. The third kappa shape index (κ3) is 4.69. The van der Waals surface area contributed by atoms with E-state index in [4.69, 9.17) is 0 Å². The van der Waals surface area contributed by atoms with Gasteiger partial charge in [-0.2, -0.15) is 0 Å². The van der Waals surface area contributed by atoms with E-state index in [-0.39, 0.29) is 11.6 Å². The maximum atomic E-state index is 15.2. The van der Waals surface area contributed by atoms with Gasteiger partial charge in [0.15, 0.2) is 0 Å². The number of ether oxygens (including phenoxy) is 1. The zero-order valence-corrected chi connectivity index (χ0v) is 17.4. The Kier molecular flexibility index (Phi) is 6.04. The highest BCUT2D eigenvalue weighted by atomic mass is 19.4. The minimum Gasteiger partial charge on any atom is -0.406 e. The predicted molar refractivity (Wildman–Crippen MR) is 114 cm³/mol. The van der Waals surface area contributed by atoms with Crippen molar-refractivity contribution in [1.82, 2.24) is 0 Å². The summed E-state index contributed by atoms with van der Waals surface area (Å²) in [6.07, 6.45) is -0.457. The molecule has 0 fully saturated rings. The quantitative estimate of drug-likeness (QED) is 0.367. The number of fused-ring (bicyclic) bond motifs is 1. The molecule has 166 valence electrons. The number of halogens is 5. The Morgan fingerprint density at radius 3 is 2.28 bits per heavy atom. The molecule has 0 N–H and O–H groups in total. The van der Waals surface area contributed by atoms with Crippen molar-refractivity contribution < 1.29 is 26.7 Å². The largest absolute Gasteiger partial charge is 0.573 e. The second-order valence-corrected chi connectivity index (χ2v) is 7.81. The Labute approximate surface area is 183 Å². The molecule has 0 saturated heterocycles. The van der Waals surface area contributed by atoms with Gasteiger partial charge in [-0.1, -0.05) is 55.8 Å². The minimum atomic E-state index is -4.78. The van der Waals surface area contributed by atoms with Crippen LogP contribution in [0.4, 0.5) is 22.0 Å². The van der Waals surface area contributed by atoms with Gasteiger partial charge in [0.25, 0.3) is 0 Å². The van der Waals surface area contributed by atoms with Crippen molar-refractivity contribution in [3.05, 3.63) is 94.6 Å². The summed E-state index contributed by atoms with van der Waals surface area (Å²) in [7, 11) is 0. The molecule has 0 aromatic heterocycles. The molecule has 0 saturated carbocycles. The first-order chi connectivity index (χ1) is 15.2. The summed E-state index contributed by atoms with van der Waals surface area (Å²) in [6.45, 7) is 2.04. The Balaban J connectivity index is 1.58. The number of rotatable bonds is 5. The van der Waals surface area contributed by atoms with Gasteiger partial charge in [0, 0.05) is 11.1 Å². The summed E-state index contributed by atoms with van der Waals surface area (Å²) in [4.78, 5) is 0. The van der Waals surface area contributed by atoms with E-state index in [2.05, 4.69) is 4.74 Å². The molecule has 0 unspecified atom stereocenters. The molecule has 6 heteroatoms. The molecule has 1 aliphatic carbocycles. The van der Waals surface area contributed by atoms with Gasteiger partial charge >= 0.3 is 6.36 Å². The van der Waals surface area contributed by atoms with Crippen LogP contribution in [-0.4, -0.2) is 6.36 Å². The predicted octanol–water partition coefficient (Wildman–Crippen LogP) is 7.67. The number of aryl methyl sites for hydroxylation is 1. The molecule has 1 nitrogen and oxygen atoms in total. The van der Waals surface area contributed by atoms with Crippen LogP contribution >= 0.6 is 0 Å². The maximum Gasteiger partial charge on any atom is 0.573 e. The fraction of sp³-hybridized carbons (Fsp3) is 0.231. The first kappa shape index (κ1) is 22.1. The lowest BCUT2D eigenvalue weighted by Gasteiger charge is -2.20. The van der Waals surface area contributed by atoms with E-state index in [0.717, 1.165) is 41.7 Å². The molecule has 0 spiro atoms. The topological polar surface area (TPSA) is 9.23 Å². The second kappa shape index (κ2) is 8.77. The van der Waals surface area contributed by atoms with Crippen LogP contribution in [0.25, 0.3) is 16.7 Å². The SMILES string of the molecule is CCCc1ccc(C2=CCc3c(ccc(-c4ccc(OC(F)(F)F)cc4)c3F)C2)c(F)c1. The number of alkyl halides is 3. The highest BCUT2D eigenvalue weighted by Crippen LogP contribution is 2.35. The van der Waals surface area contributed by atoms with Gasteiger partial charge in [-0.05, 0) is 65.3 Å². The summed E-state index contributed by atoms with van der Waals surface area (Å²) in [6, 6.07) is 13.8. The third-order valence-electron chi connectivity index (χ3n) is 5.59. The average molecular weight is 444 g/mol. The summed E-state index contributed by atoms with van der Waals surface area (Å²) < 4.78 is 70.8. The molecule has 3 aromatic rings. The van der Waals surface area contributed by atoms with Crippen LogP contribution in [0.2, 0.25) is 0 Å².